The van der Waals surface area contributed by atoms with Gasteiger partial charge in [-0.05, 0) is 30.5 Å². The summed E-state index contributed by atoms with van der Waals surface area (Å²) in [5, 5.41) is 11.7. The minimum Gasteiger partial charge on any atom is -0.507 e. The van der Waals surface area contributed by atoms with E-state index < -0.39 is 17.7 Å². The molecule has 1 amide bonds. The summed E-state index contributed by atoms with van der Waals surface area (Å²) in [6, 6.07) is 11.3. The van der Waals surface area contributed by atoms with Crippen LogP contribution in [0.1, 0.15) is 36.6 Å². The highest BCUT2D eigenvalue weighted by molar-refractivity contribution is 6.47. The highest BCUT2D eigenvalue weighted by atomic mass is 35.5. The fraction of sp³-hybridized carbons (Fsp3) is 0.273. The summed E-state index contributed by atoms with van der Waals surface area (Å²) < 4.78 is 0. The lowest BCUT2D eigenvalue weighted by molar-refractivity contribution is -0.140. The first-order valence-electron chi connectivity index (χ1n) is 9.01. The van der Waals surface area contributed by atoms with E-state index in [0.717, 1.165) is 5.56 Å². The molecular formula is C22H21Cl2NO3. The number of nitrogens with zero attached hydrogens (tertiary/aromatic N) is 1. The molecule has 2 aromatic rings. The van der Waals surface area contributed by atoms with E-state index in [1.807, 2.05) is 32.9 Å². The van der Waals surface area contributed by atoms with Crippen LogP contribution in [0, 0.1) is 12.8 Å². The molecule has 0 radical (unpaired) electrons. The van der Waals surface area contributed by atoms with Crippen LogP contribution < -0.4 is 0 Å². The largest absolute Gasteiger partial charge is 0.507 e. The first kappa shape index (κ1) is 20.4. The van der Waals surface area contributed by atoms with Crippen molar-refractivity contribution in [3.05, 3.63) is 74.8 Å². The zero-order valence-electron chi connectivity index (χ0n) is 15.9. The molecule has 4 nitrogen and oxygen atoms in total. The molecule has 3 rings (SSSR count). The van der Waals surface area contributed by atoms with Crippen LogP contribution in [-0.4, -0.2) is 28.2 Å². The molecule has 0 saturated carbocycles. The smallest absolute Gasteiger partial charge is 0.295 e. The fourth-order valence-corrected chi connectivity index (χ4v) is 3.89. The second-order valence-electron chi connectivity index (χ2n) is 7.38. The van der Waals surface area contributed by atoms with Crippen molar-refractivity contribution >= 4 is 40.7 Å². The molecule has 0 bridgehead atoms. The Morgan fingerprint density at radius 3 is 2.32 bits per heavy atom. The highest BCUT2D eigenvalue weighted by Crippen LogP contribution is 2.42. The number of halogens is 2. The number of aryl methyl sites for hydroxylation is 1. The minimum atomic E-state index is -0.770. The third kappa shape index (κ3) is 3.80. The molecule has 2 aromatic carbocycles. The Morgan fingerprint density at radius 2 is 1.75 bits per heavy atom. The average Bonchev–Trinajstić information content (AvgIpc) is 2.86. The van der Waals surface area contributed by atoms with E-state index in [4.69, 9.17) is 23.2 Å². The molecule has 6 heteroatoms. The van der Waals surface area contributed by atoms with E-state index in [2.05, 4.69) is 0 Å². The van der Waals surface area contributed by atoms with Crippen LogP contribution >= 0.6 is 23.2 Å². The Labute approximate surface area is 174 Å². The Morgan fingerprint density at radius 1 is 1.11 bits per heavy atom. The molecule has 1 fully saturated rings. The van der Waals surface area contributed by atoms with Gasteiger partial charge in [-0.3, -0.25) is 9.59 Å². The number of carbonyl (C=O) groups excluding carboxylic acids is 2. The summed E-state index contributed by atoms with van der Waals surface area (Å²) in [6.07, 6.45) is 0. The van der Waals surface area contributed by atoms with Crippen molar-refractivity contribution in [2.45, 2.75) is 26.8 Å². The summed E-state index contributed by atoms with van der Waals surface area (Å²) in [6.45, 7) is 6.21. The van der Waals surface area contributed by atoms with Crippen molar-refractivity contribution < 1.29 is 14.7 Å². The fourth-order valence-electron chi connectivity index (χ4n) is 3.38. The topological polar surface area (TPSA) is 57.6 Å². The summed E-state index contributed by atoms with van der Waals surface area (Å²) in [5.74, 6) is -1.43. The van der Waals surface area contributed by atoms with Crippen LogP contribution in [-0.2, 0) is 9.59 Å². The molecule has 1 aliphatic heterocycles. The number of hydrogen-bond donors (Lipinski definition) is 1. The molecule has 0 aromatic heterocycles. The van der Waals surface area contributed by atoms with Gasteiger partial charge in [-0.1, -0.05) is 72.9 Å². The third-order valence-electron chi connectivity index (χ3n) is 4.68. The Bertz CT molecular complexity index is 964. The number of Topliss-reactive ketones (excluding diaryl/α,β-unsaturated/α-hetero) is 1. The number of benzene rings is 2. The zero-order valence-corrected chi connectivity index (χ0v) is 17.4. The van der Waals surface area contributed by atoms with E-state index in [1.54, 1.807) is 30.3 Å². The lowest BCUT2D eigenvalue weighted by atomic mass is 9.94. The molecule has 0 spiro atoms. The second kappa shape index (κ2) is 7.98. The zero-order chi connectivity index (χ0) is 20.6. The van der Waals surface area contributed by atoms with Gasteiger partial charge in [0.25, 0.3) is 11.7 Å². The molecule has 0 aliphatic carbocycles. The number of aliphatic hydroxyl groups is 1. The van der Waals surface area contributed by atoms with E-state index in [-0.39, 0.29) is 17.3 Å². The molecule has 1 atom stereocenters. The van der Waals surface area contributed by atoms with Crippen molar-refractivity contribution in [3.63, 3.8) is 0 Å². The summed E-state index contributed by atoms with van der Waals surface area (Å²) >= 11 is 12.4. The maximum absolute atomic E-state index is 12.9. The maximum atomic E-state index is 12.9. The van der Waals surface area contributed by atoms with Gasteiger partial charge in [-0.25, -0.2) is 0 Å². The predicted molar refractivity (Wildman–Crippen MR) is 111 cm³/mol. The van der Waals surface area contributed by atoms with E-state index in [9.17, 15) is 14.7 Å². The van der Waals surface area contributed by atoms with Gasteiger partial charge in [0.2, 0.25) is 0 Å². The summed E-state index contributed by atoms with van der Waals surface area (Å²) in [5.41, 5.74) is 2.09. The molecule has 1 saturated heterocycles. The standard InChI is InChI=1S/C22H21Cl2NO3/c1-12(2)11-25-19(16-9-8-15(23)10-17(16)24)18(21(27)22(25)28)20(26)14-6-4-13(3)5-7-14/h4-10,12,19,26H,11H2,1-3H3. The highest BCUT2D eigenvalue weighted by Gasteiger charge is 2.46. The van der Waals surface area contributed by atoms with Gasteiger partial charge in [-0.15, -0.1) is 0 Å². The molecule has 146 valence electrons. The van der Waals surface area contributed by atoms with Crippen LogP contribution in [0.25, 0.3) is 5.76 Å². The number of hydrogen-bond acceptors (Lipinski definition) is 3. The molecular weight excluding hydrogens is 397 g/mol. The van der Waals surface area contributed by atoms with E-state index >= 15 is 0 Å². The average molecular weight is 418 g/mol. The first-order chi connectivity index (χ1) is 13.2. The van der Waals surface area contributed by atoms with E-state index in [1.165, 1.54) is 4.90 Å². The number of amides is 1. The lowest BCUT2D eigenvalue weighted by Crippen LogP contribution is -2.33. The third-order valence-corrected chi connectivity index (χ3v) is 5.25. The lowest BCUT2D eigenvalue weighted by Gasteiger charge is -2.27. The number of aliphatic hydroxyl groups excluding tert-OH is 1. The molecule has 28 heavy (non-hydrogen) atoms. The van der Waals surface area contributed by atoms with Gasteiger partial charge in [0, 0.05) is 22.2 Å². The molecule has 1 aliphatic rings. The van der Waals surface area contributed by atoms with Gasteiger partial charge in [0.1, 0.15) is 5.76 Å². The van der Waals surface area contributed by atoms with Crippen molar-refractivity contribution in [1.29, 1.82) is 0 Å². The molecule has 1 unspecified atom stereocenters. The molecule has 1 heterocycles. The van der Waals surface area contributed by atoms with Crippen LogP contribution in [0.2, 0.25) is 10.0 Å². The maximum Gasteiger partial charge on any atom is 0.295 e. The Balaban J connectivity index is 2.22. The van der Waals surface area contributed by atoms with Crippen LogP contribution in [0.5, 0.6) is 0 Å². The van der Waals surface area contributed by atoms with Gasteiger partial charge in [-0.2, -0.15) is 0 Å². The first-order valence-corrected chi connectivity index (χ1v) is 9.76. The van der Waals surface area contributed by atoms with Crippen LogP contribution in [0.15, 0.2) is 48.0 Å². The van der Waals surface area contributed by atoms with Gasteiger partial charge in [0.05, 0.1) is 11.6 Å². The van der Waals surface area contributed by atoms with Gasteiger partial charge < -0.3 is 10.0 Å². The van der Waals surface area contributed by atoms with Crippen LogP contribution in [0.3, 0.4) is 0 Å². The monoisotopic (exact) mass is 417 g/mol. The van der Waals surface area contributed by atoms with Crippen LogP contribution in [0.4, 0.5) is 0 Å². The normalized spacial score (nSPS) is 18.9. The van der Waals surface area contributed by atoms with E-state index in [0.29, 0.717) is 27.7 Å². The molecule has 1 N–H and O–H groups in total. The van der Waals surface area contributed by atoms with Gasteiger partial charge in [0.15, 0.2) is 0 Å². The quantitative estimate of drug-likeness (QED) is 0.412. The Kier molecular flexibility index (Phi) is 5.82. The number of ketones is 1. The second-order valence-corrected chi connectivity index (χ2v) is 8.22. The number of rotatable bonds is 4. The van der Waals surface area contributed by atoms with Crippen molar-refractivity contribution in [3.8, 4) is 0 Å². The van der Waals surface area contributed by atoms with Gasteiger partial charge >= 0.3 is 0 Å². The summed E-state index contributed by atoms with van der Waals surface area (Å²) in [4.78, 5) is 27.1. The number of carbonyl (C=O) groups is 2. The predicted octanol–water partition coefficient (Wildman–Crippen LogP) is 5.38. The van der Waals surface area contributed by atoms with Crippen molar-refractivity contribution in [2.75, 3.05) is 6.54 Å². The SMILES string of the molecule is Cc1ccc(C(O)=C2C(=O)C(=O)N(CC(C)C)C2c2ccc(Cl)cc2Cl)cc1. The number of likely N-dealkylation sites (tertiary alicyclic amines) is 1. The minimum absolute atomic E-state index is 0.0405. The summed E-state index contributed by atoms with van der Waals surface area (Å²) in [7, 11) is 0. The van der Waals surface area contributed by atoms with Crippen molar-refractivity contribution in [1.82, 2.24) is 4.90 Å². The van der Waals surface area contributed by atoms with Crippen molar-refractivity contribution in [2.24, 2.45) is 5.92 Å². The Hall–Kier alpha value is -2.30.